The topological polar surface area (TPSA) is 68.4 Å². The number of aliphatic hydroxyl groups excluding tert-OH is 1. The van der Waals surface area contributed by atoms with Crippen LogP contribution in [0.15, 0.2) is 30.5 Å². The molecule has 4 nitrogen and oxygen atoms in total. The molecule has 0 spiro atoms. The molecule has 0 aliphatic heterocycles. The molecule has 1 aliphatic rings. The first-order chi connectivity index (χ1) is 8.72. The Bertz CT molecular complexity index is 571. The number of benzene rings is 1. The Balaban J connectivity index is 1.89. The number of nitrogens with two attached hydrogens (primary N) is 1. The van der Waals surface area contributed by atoms with E-state index in [0.717, 1.165) is 23.7 Å². The van der Waals surface area contributed by atoms with E-state index >= 15 is 0 Å². The van der Waals surface area contributed by atoms with E-state index in [-0.39, 0.29) is 12.2 Å². The molecule has 3 N–H and O–H groups in total. The van der Waals surface area contributed by atoms with Crippen LogP contribution in [0.2, 0.25) is 0 Å². The fourth-order valence-corrected chi connectivity index (χ4v) is 2.42. The summed E-state index contributed by atoms with van der Waals surface area (Å²) in [6.45, 7) is 0. The Morgan fingerprint density at radius 2 is 2.22 bits per heavy atom. The Labute approximate surface area is 105 Å². The van der Waals surface area contributed by atoms with E-state index in [1.807, 2.05) is 24.3 Å². The maximum atomic E-state index is 9.50. The van der Waals surface area contributed by atoms with Crippen molar-refractivity contribution in [1.82, 2.24) is 4.98 Å². The van der Waals surface area contributed by atoms with Gasteiger partial charge in [-0.3, -0.25) is 4.98 Å². The third kappa shape index (κ3) is 2.11. The molecule has 1 fully saturated rings. The van der Waals surface area contributed by atoms with Crippen molar-refractivity contribution in [3.05, 3.63) is 30.5 Å². The Kier molecular flexibility index (Phi) is 2.80. The first-order valence-electron chi connectivity index (χ1n) is 6.21. The molecule has 0 amide bonds. The lowest BCUT2D eigenvalue weighted by Crippen LogP contribution is -2.14. The van der Waals surface area contributed by atoms with Gasteiger partial charge < -0.3 is 15.6 Å². The van der Waals surface area contributed by atoms with Crippen LogP contribution < -0.4 is 10.5 Å². The zero-order chi connectivity index (χ0) is 12.5. The summed E-state index contributed by atoms with van der Waals surface area (Å²) in [5.74, 6) is 0.667. The molecule has 0 unspecified atom stereocenters. The van der Waals surface area contributed by atoms with Gasteiger partial charge in [-0.2, -0.15) is 0 Å². The van der Waals surface area contributed by atoms with Gasteiger partial charge in [-0.05, 0) is 25.0 Å². The summed E-state index contributed by atoms with van der Waals surface area (Å²) < 4.78 is 5.86. The van der Waals surface area contributed by atoms with Crippen LogP contribution in [0.1, 0.15) is 19.3 Å². The maximum Gasteiger partial charge on any atom is 0.144 e. The van der Waals surface area contributed by atoms with Gasteiger partial charge in [0.15, 0.2) is 0 Å². The Hall–Kier alpha value is -1.81. The van der Waals surface area contributed by atoms with Crippen molar-refractivity contribution in [2.75, 3.05) is 5.73 Å². The van der Waals surface area contributed by atoms with E-state index in [1.165, 1.54) is 0 Å². The van der Waals surface area contributed by atoms with Crippen molar-refractivity contribution in [3.8, 4) is 5.75 Å². The highest BCUT2D eigenvalue weighted by Crippen LogP contribution is 2.31. The molecule has 1 aliphatic carbocycles. The number of fused-ring (bicyclic) bond motifs is 1. The molecule has 1 heterocycles. The summed E-state index contributed by atoms with van der Waals surface area (Å²) in [4.78, 5) is 4.29. The highest BCUT2D eigenvalue weighted by molar-refractivity contribution is 5.84. The number of hydrogen-bond acceptors (Lipinski definition) is 4. The lowest BCUT2D eigenvalue weighted by molar-refractivity contribution is 0.150. The van der Waals surface area contributed by atoms with Crippen molar-refractivity contribution >= 4 is 16.6 Å². The van der Waals surface area contributed by atoms with Gasteiger partial charge >= 0.3 is 0 Å². The van der Waals surface area contributed by atoms with Crippen molar-refractivity contribution in [1.29, 1.82) is 0 Å². The molecule has 0 saturated heterocycles. The van der Waals surface area contributed by atoms with Crippen LogP contribution in [0, 0.1) is 0 Å². The van der Waals surface area contributed by atoms with Crippen LogP contribution in [-0.4, -0.2) is 22.3 Å². The highest BCUT2D eigenvalue weighted by atomic mass is 16.5. The molecule has 1 aromatic heterocycles. The molecule has 4 heteroatoms. The first kappa shape index (κ1) is 11.3. The molecule has 1 aromatic carbocycles. The molecule has 18 heavy (non-hydrogen) atoms. The Morgan fingerprint density at radius 3 is 3.00 bits per heavy atom. The number of aromatic nitrogens is 1. The number of hydrogen-bond donors (Lipinski definition) is 2. The summed E-state index contributed by atoms with van der Waals surface area (Å²) in [5.41, 5.74) is 7.48. The second-order valence-corrected chi connectivity index (χ2v) is 4.79. The number of nitrogens with zero attached hydrogens (tertiary/aromatic N) is 1. The van der Waals surface area contributed by atoms with E-state index in [1.54, 1.807) is 6.20 Å². The average molecular weight is 244 g/mol. The second-order valence-electron chi connectivity index (χ2n) is 4.79. The smallest absolute Gasteiger partial charge is 0.144 e. The van der Waals surface area contributed by atoms with Gasteiger partial charge in [0.2, 0.25) is 0 Å². The maximum absolute atomic E-state index is 9.50. The zero-order valence-electron chi connectivity index (χ0n) is 10.0. The number of aliphatic hydroxyl groups is 1. The molecule has 0 bridgehead atoms. The lowest BCUT2D eigenvalue weighted by Gasteiger charge is -2.15. The minimum atomic E-state index is -0.241. The fourth-order valence-electron chi connectivity index (χ4n) is 2.42. The van der Waals surface area contributed by atoms with E-state index in [0.29, 0.717) is 17.9 Å². The van der Waals surface area contributed by atoms with E-state index in [2.05, 4.69) is 4.98 Å². The van der Waals surface area contributed by atoms with Gasteiger partial charge in [0.05, 0.1) is 17.3 Å². The minimum absolute atomic E-state index is 0.0588. The summed E-state index contributed by atoms with van der Waals surface area (Å²) >= 11 is 0. The predicted octanol–water partition coefficient (Wildman–Crippen LogP) is 2.11. The van der Waals surface area contributed by atoms with E-state index in [9.17, 15) is 5.11 Å². The standard InChI is InChI=1S/C14H16N2O2/c15-12-6-9-2-1-5-16-13(9)8-14(12)18-11-4-3-10(17)7-11/h1-2,5-6,8,10-11,17H,3-4,7,15H2/t10-,11-/m1/s1. The van der Waals surface area contributed by atoms with Crippen LogP contribution >= 0.6 is 0 Å². The second kappa shape index (κ2) is 4.46. The summed E-state index contributed by atoms with van der Waals surface area (Å²) in [5, 5.41) is 10.5. The molecule has 2 atom stereocenters. The Morgan fingerprint density at radius 1 is 1.33 bits per heavy atom. The van der Waals surface area contributed by atoms with Gasteiger partial charge in [-0.15, -0.1) is 0 Å². The third-order valence-electron chi connectivity index (χ3n) is 3.39. The van der Waals surface area contributed by atoms with E-state index < -0.39 is 0 Å². The normalized spacial score (nSPS) is 23.4. The summed E-state index contributed by atoms with van der Waals surface area (Å²) in [6.07, 6.45) is 3.93. The van der Waals surface area contributed by atoms with Crippen LogP contribution in [0.4, 0.5) is 5.69 Å². The molecule has 3 rings (SSSR count). The quantitative estimate of drug-likeness (QED) is 0.794. The summed E-state index contributed by atoms with van der Waals surface area (Å²) in [6, 6.07) is 7.61. The number of rotatable bonds is 2. The van der Waals surface area contributed by atoms with Crippen LogP contribution in [0.25, 0.3) is 10.9 Å². The largest absolute Gasteiger partial charge is 0.488 e. The van der Waals surface area contributed by atoms with Gasteiger partial charge in [0.1, 0.15) is 11.9 Å². The molecule has 0 radical (unpaired) electrons. The molecular weight excluding hydrogens is 228 g/mol. The number of nitrogen functional groups attached to an aromatic ring is 1. The third-order valence-corrected chi connectivity index (χ3v) is 3.39. The van der Waals surface area contributed by atoms with Crippen LogP contribution in [0.5, 0.6) is 5.75 Å². The van der Waals surface area contributed by atoms with Gasteiger partial charge in [-0.25, -0.2) is 0 Å². The van der Waals surface area contributed by atoms with Gasteiger partial charge in [0, 0.05) is 24.1 Å². The number of anilines is 1. The summed E-state index contributed by atoms with van der Waals surface area (Å²) in [7, 11) is 0. The number of ether oxygens (including phenoxy) is 1. The fraction of sp³-hybridized carbons (Fsp3) is 0.357. The average Bonchev–Trinajstić information content (AvgIpc) is 2.76. The lowest BCUT2D eigenvalue weighted by atomic mass is 10.2. The highest BCUT2D eigenvalue weighted by Gasteiger charge is 2.24. The van der Waals surface area contributed by atoms with Crippen molar-refractivity contribution in [2.45, 2.75) is 31.5 Å². The van der Waals surface area contributed by atoms with E-state index in [4.69, 9.17) is 10.5 Å². The van der Waals surface area contributed by atoms with Gasteiger partial charge in [-0.1, -0.05) is 6.07 Å². The minimum Gasteiger partial charge on any atom is -0.488 e. The predicted molar refractivity (Wildman–Crippen MR) is 70.4 cm³/mol. The number of pyridine rings is 1. The van der Waals surface area contributed by atoms with Crippen LogP contribution in [-0.2, 0) is 0 Å². The van der Waals surface area contributed by atoms with Gasteiger partial charge in [0.25, 0.3) is 0 Å². The monoisotopic (exact) mass is 244 g/mol. The molecule has 1 saturated carbocycles. The molecular formula is C14H16N2O2. The first-order valence-corrected chi connectivity index (χ1v) is 6.21. The zero-order valence-corrected chi connectivity index (χ0v) is 10.0. The molecule has 94 valence electrons. The molecule has 2 aromatic rings. The van der Waals surface area contributed by atoms with Crippen molar-refractivity contribution in [2.24, 2.45) is 0 Å². The SMILES string of the molecule is Nc1cc2cccnc2cc1O[C@@H]1CC[C@@H](O)C1. The van der Waals surface area contributed by atoms with Crippen molar-refractivity contribution in [3.63, 3.8) is 0 Å². The van der Waals surface area contributed by atoms with Crippen molar-refractivity contribution < 1.29 is 9.84 Å². The van der Waals surface area contributed by atoms with Crippen LogP contribution in [0.3, 0.4) is 0 Å².